The van der Waals surface area contributed by atoms with Crippen molar-refractivity contribution in [3.63, 3.8) is 0 Å². The summed E-state index contributed by atoms with van der Waals surface area (Å²) >= 11 is 0. The Morgan fingerprint density at radius 1 is 1.33 bits per heavy atom. The van der Waals surface area contributed by atoms with Crippen LogP contribution in [0.15, 0.2) is 10.9 Å². The lowest BCUT2D eigenvalue weighted by Gasteiger charge is -2.07. The second-order valence-corrected chi connectivity index (χ2v) is 7.78. The van der Waals surface area contributed by atoms with Gasteiger partial charge in [0.05, 0.1) is 11.8 Å². The summed E-state index contributed by atoms with van der Waals surface area (Å²) < 4.78 is 26.2. The van der Waals surface area contributed by atoms with E-state index < -0.39 is 10.0 Å². The van der Waals surface area contributed by atoms with Crippen LogP contribution < -0.4 is 16.1 Å². The maximum absolute atomic E-state index is 12.1. The van der Waals surface area contributed by atoms with Crippen LogP contribution in [0.5, 0.6) is 0 Å². The molecular weight excluding hydrogens is 330 g/mol. The van der Waals surface area contributed by atoms with Gasteiger partial charge in [0, 0.05) is 18.8 Å². The molecule has 2 aromatic heterocycles. The zero-order valence-electron chi connectivity index (χ0n) is 14.1. The van der Waals surface area contributed by atoms with Gasteiger partial charge in [-0.05, 0) is 25.3 Å². The number of rotatable bonds is 9. The Morgan fingerprint density at radius 3 is 2.75 bits per heavy atom. The van der Waals surface area contributed by atoms with Crippen LogP contribution in [-0.2, 0) is 23.0 Å². The molecule has 0 amide bonds. The van der Waals surface area contributed by atoms with Gasteiger partial charge >= 0.3 is 5.69 Å². The molecule has 0 fully saturated rings. The van der Waals surface area contributed by atoms with Crippen molar-refractivity contribution < 1.29 is 8.42 Å². The number of nitrogens with one attached hydrogen (secondary N) is 2. The van der Waals surface area contributed by atoms with Crippen LogP contribution in [0.25, 0.3) is 11.0 Å². The molecule has 0 unspecified atom stereocenters. The van der Waals surface area contributed by atoms with E-state index in [0.29, 0.717) is 24.3 Å². The van der Waals surface area contributed by atoms with E-state index in [4.69, 9.17) is 5.73 Å². The van der Waals surface area contributed by atoms with Crippen LogP contribution in [-0.4, -0.2) is 35.8 Å². The van der Waals surface area contributed by atoms with Gasteiger partial charge < -0.3 is 10.7 Å². The summed E-state index contributed by atoms with van der Waals surface area (Å²) in [5.41, 5.74) is 7.84. The maximum Gasteiger partial charge on any atom is 0.326 e. The lowest BCUT2D eigenvalue weighted by atomic mass is 10.1. The van der Waals surface area contributed by atoms with Crippen LogP contribution in [0.2, 0.25) is 0 Å². The number of pyridine rings is 1. The second-order valence-electron chi connectivity index (χ2n) is 5.95. The lowest BCUT2D eigenvalue weighted by molar-refractivity contribution is 0.575. The molecule has 0 saturated carbocycles. The number of aromatic nitrogens is 3. The summed E-state index contributed by atoms with van der Waals surface area (Å²) in [6, 6.07) is 1.89. The summed E-state index contributed by atoms with van der Waals surface area (Å²) in [4.78, 5) is 19.2. The number of hydrogen-bond acceptors (Lipinski definition) is 5. The molecule has 0 aromatic carbocycles. The summed E-state index contributed by atoms with van der Waals surface area (Å²) in [6.07, 6.45) is 5.72. The molecule has 0 radical (unpaired) electrons. The normalized spacial score (nSPS) is 12.1. The minimum atomic E-state index is -3.22. The van der Waals surface area contributed by atoms with Gasteiger partial charge in [-0.2, -0.15) is 0 Å². The predicted octanol–water partition coefficient (Wildman–Crippen LogP) is 0.979. The van der Waals surface area contributed by atoms with Crippen molar-refractivity contribution >= 4 is 26.9 Å². The first kappa shape index (κ1) is 18.5. The van der Waals surface area contributed by atoms with Crippen molar-refractivity contribution in [2.45, 2.75) is 45.6 Å². The number of aryl methyl sites for hydroxylation is 2. The summed E-state index contributed by atoms with van der Waals surface area (Å²) in [6.45, 7) is 2.82. The quantitative estimate of drug-likeness (QED) is 0.579. The number of nitrogens with zero attached hydrogens (tertiary/aromatic N) is 2. The zero-order valence-corrected chi connectivity index (χ0v) is 14.9. The minimum absolute atomic E-state index is 0.261. The fraction of sp³-hybridized carbons (Fsp3) is 0.600. The first-order valence-corrected chi connectivity index (χ1v) is 10.0. The monoisotopic (exact) mass is 355 g/mol. The Hall–Kier alpha value is -1.87. The molecule has 4 N–H and O–H groups in total. The van der Waals surface area contributed by atoms with E-state index in [1.807, 2.05) is 6.07 Å². The molecule has 134 valence electrons. The topological polar surface area (TPSA) is 123 Å². The average Bonchev–Trinajstić information content (AvgIpc) is 2.80. The standard InChI is InChI=1S/C15H25N5O3S/c1-3-4-5-7-11-10-12-13(14(16)18-11)19-15(21)20(12)9-6-8-17-24(2,22)23/h10,17H,3-9H2,1-2H3,(H2,16,18)(H,19,21). The van der Waals surface area contributed by atoms with Crippen molar-refractivity contribution in [3.8, 4) is 0 Å². The fourth-order valence-corrected chi connectivity index (χ4v) is 3.14. The van der Waals surface area contributed by atoms with Crippen molar-refractivity contribution in [1.82, 2.24) is 19.3 Å². The molecular formula is C15H25N5O3S. The second kappa shape index (κ2) is 7.80. The Bertz CT molecular complexity index is 854. The number of nitrogens with two attached hydrogens (primary N) is 1. The predicted molar refractivity (Wildman–Crippen MR) is 95.5 cm³/mol. The molecule has 0 aliphatic carbocycles. The van der Waals surface area contributed by atoms with Crippen molar-refractivity contribution in [2.24, 2.45) is 0 Å². The van der Waals surface area contributed by atoms with Crippen molar-refractivity contribution in [2.75, 3.05) is 18.5 Å². The number of sulfonamides is 1. The molecule has 0 spiro atoms. The molecule has 2 rings (SSSR count). The van der Waals surface area contributed by atoms with Crippen LogP contribution in [0, 0.1) is 0 Å². The highest BCUT2D eigenvalue weighted by atomic mass is 32.2. The first-order valence-electron chi connectivity index (χ1n) is 8.14. The van der Waals surface area contributed by atoms with Crippen LogP contribution in [0.3, 0.4) is 0 Å². The van der Waals surface area contributed by atoms with Gasteiger partial charge in [0.25, 0.3) is 0 Å². The smallest absolute Gasteiger partial charge is 0.326 e. The number of imidazole rings is 1. The van der Waals surface area contributed by atoms with Gasteiger partial charge in [0.15, 0.2) is 0 Å². The molecule has 8 nitrogen and oxygen atoms in total. The van der Waals surface area contributed by atoms with E-state index in [0.717, 1.165) is 43.1 Å². The molecule has 0 aliphatic rings. The average molecular weight is 355 g/mol. The van der Waals surface area contributed by atoms with Gasteiger partial charge in [-0.25, -0.2) is 22.9 Å². The van der Waals surface area contributed by atoms with Crippen LogP contribution in [0.4, 0.5) is 5.82 Å². The highest BCUT2D eigenvalue weighted by Gasteiger charge is 2.12. The Kier molecular flexibility index (Phi) is 6.00. The van der Waals surface area contributed by atoms with E-state index in [-0.39, 0.29) is 12.2 Å². The highest BCUT2D eigenvalue weighted by molar-refractivity contribution is 7.88. The van der Waals surface area contributed by atoms with Gasteiger partial charge in [-0.1, -0.05) is 19.8 Å². The third-order valence-electron chi connectivity index (χ3n) is 3.81. The minimum Gasteiger partial charge on any atom is -0.382 e. The summed E-state index contributed by atoms with van der Waals surface area (Å²) in [5.74, 6) is 0.323. The first-order chi connectivity index (χ1) is 11.3. The van der Waals surface area contributed by atoms with Crippen LogP contribution >= 0.6 is 0 Å². The molecule has 2 heterocycles. The number of fused-ring (bicyclic) bond motifs is 1. The number of H-pyrrole nitrogens is 1. The van der Waals surface area contributed by atoms with Gasteiger partial charge in [0.1, 0.15) is 11.3 Å². The summed E-state index contributed by atoms with van der Waals surface area (Å²) in [7, 11) is -3.22. The number of aromatic amines is 1. The molecule has 24 heavy (non-hydrogen) atoms. The van der Waals surface area contributed by atoms with E-state index in [1.54, 1.807) is 4.57 Å². The molecule has 2 aromatic rings. The Labute approximate surface area is 141 Å². The number of nitrogen functional groups attached to an aromatic ring is 1. The molecule has 0 atom stereocenters. The van der Waals surface area contributed by atoms with Crippen LogP contribution in [0.1, 0.15) is 38.3 Å². The van der Waals surface area contributed by atoms with Crippen molar-refractivity contribution in [1.29, 1.82) is 0 Å². The van der Waals surface area contributed by atoms with Gasteiger partial charge in [-0.3, -0.25) is 4.57 Å². The fourth-order valence-electron chi connectivity index (χ4n) is 2.63. The van der Waals surface area contributed by atoms with E-state index in [1.165, 1.54) is 0 Å². The maximum atomic E-state index is 12.1. The molecule has 0 saturated heterocycles. The third-order valence-corrected chi connectivity index (χ3v) is 4.54. The van der Waals surface area contributed by atoms with E-state index in [2.05, 4.69) is 21.6 Å². The van der Waals surface area contributed by atoms with Gasteiger partial charge in [-0.15, -0.1) is 0 Å². The number of anilines is 1. The lowest BCUT2D eigenvalue weighted by Crippen LogP contribution is -2.25. The zero-order chi connectivity index (χ0) is 17.7. The van der Waals surface area contributed by atoms with Crippen molar-refractivity contribution in [3.05, 3.63) is 22.2 Å². The van der Waals surface area contributed by atoms with E-state index >= 15 is 0 Å². The largest absolute Gasteiger partial charge is 0.382 e. The number of unbranched alkanes of at least 4 members (excludes halogenated alkanes) is 2. The molecule has 9 heteroatoms. The summed E-state index contributed by atoms with van der Waals surface area (Å²) in [5, 5.41) is 0. The highest BCUT2D eigenvalue weighted by Crippen LogP contribution is 2.19. The van der Waals surface area contributed by atoms with Gasteiger partial charge in [0.2, 0.25) is 10.0 Å². The Balaban J connectivity index is 2.19. The number of hydrogen-bond donors (Lipinski definition) is 3. The third kappa shape index (κ3) is 4.81. The SMILES string of the molecule is CCCCCc1cc2c([nH]c(=O)n2CCCNS(C)(=O)=O)c(N)n1. The molecule has 0 bridgehead atoms. The van der Waals surface area contributed by atoms with E-state index in [9.17, 15) is 13.2 Å². The Morgan fingerprint density at radius 2 is 2.08 bits per heavy atom. The molecule has 0 aliphatic heterocycles.